The molecule has 1 unspecified atom stereocenters. The largest absolute Gasteiger partial charge is 0.343 e. The highest BCUT2D eigenvalue weighted by molar-refractivity contribution is 7.98. The van der Waals surface area contributed by atoms with Crippen molar-refractivity contribution in [2.24, 2.45) is 0 Å². The minimum absolute atomic E-state index is 0.00596. The van der Waals surface area contributed by atoms with Crippen LogP contribution in [0.1, 0.15) is 54.6 Å². The van der Waals surface area contributed by atoms with E-state index in [0.29, 0.717) is 11.6 Å². The van der Waals surface area contributed by atoms with Gasteiger partial charge >= 0.3 is 0 Å². The zero-order valence-corrected chi connectivity index (χ0v) is 16.8. The first-order valence-corrected chi connectivity index (χ1v) is 11.0. The molecule has 2 aromatic rings. The standard InChI is InChI=1S/C22H27N3OS/c1-3-25-17-11-13-22(25,14-12-17)19(16-8-5-4-6-9-16)24-20(26)18-10-7-15-23-21(18)27-2/h4-10,15,17,19H,3,11-14H2,1-2H3,(H,24,26). The number of nitrogens with one attached hydrogen (secondary N) is 1. The van der Waals surface area contributed by atoms with Crippen LogP contribution in [-0.4, -0.2) is 40.2 Å². The van der Waals surface area contributed by atoms with Crippen molar-refractivity contribution >= 4 is 17.7 Å². The summed E-state index contributed by atoms with van der Waals surface area (Å²) in [6.45, 7) is 3.28. The summed E-state index contributed by atoms with van der Waals surface area (Å²) >= 11 is 1.51. The van der Waals surface area contributed by atoms with E-state index in [1.807, 2.05) is 24.5 Å². The van der Waals surface area contributed by atoms with Gasteiger partial charge in [-0.25, -0.2) is 4.98 Å². The van der Waals surface area contributed by atoms with E-state index in [-0.39, 0.29) is 17.5 Å². The maximum atomic E-state index is 13.2. The number of carbonyl (C=O) groups is 1. The van der Waals surface area contributed by atoms with E-state index in [1.54, 1.807) is 6.20 Å². The van der Waals surface area contributed by atoms with Crippen LogP contribution in [0.2, 0.25) is 0 Å². The van der Waals surface area contributed by atoms with E-state index < -0.39 is 0 Å². The van der Waals surface area contributed by atoms with Crippen molar-refractivity contribution < 1.29 is 4.79 Å². The number of amides is 1. The van der Waals surface area contributed by atoms with Crippen LogP contribution in [-0.2, 0) is 0 Å². The van der Waals surface area contributed by atoms with Gasteiger partial charge in [-0.2, -0.15) is 0 Å². The van der Waals surface area contributed by atoms with Crippen molar-refractivity contribution in [2.75, 3.05) is 12.8 Å². The molecule has 2 saturated heterocycles. The molecule has 2 fully saturated rings. The maximum Gasteiger partial charge on any atom is 0.254 e. The summed E-state index contributed by atoms with van der Waals surface area (Å²) in [6.07, 6.45) is 8.46. The van der Waals surface area contributed by atoms with Crippen LogP contribution >= 0.6 is 11.8 Å². The SMILES string of the molecule is CCN1C2CCC1(C(NC(=O)c1cccnc1SC)c1ccccc1)CC2. The summed E-state index contributed by atoms with van der Waals surface area (Å²) in [5, 5.41) is 4.20. The first kappa shape index (κ1) is 18.5. The normalized spacial score (nSPS) is 25.5. The molecule has 0 radical (unpaired) electrons. The topological polar surface area (TPSA) is 45.2 Å². The Bertz CT molecular complexity index is 802. The second-order valence-corrected chi connectivity index (χ2v) is 8.29. The summed E-state index contributed by atoms with van der Waals surface area (Å²) in [5.41, 5.74) is 1.89. The summed E-state index contributed by atoms with van der Waals surface area (Å²) < 4.78 is 0. The van der Waals surface area contributed by atoms with Gasteiger partial charge in [0.1, 0.15) is 5.03 Å². The van der Waals surface area contributed by atoms with Crippen molar-refractivity contribution in [3.8, 4) is 0 Å². The molecule has 4 rings (SSSR count). The molecule has 2 bridgehead atoms. The Balaban J connectivity index is 1.71. The van der Waals surface area contributed by atoms with Crippen LogP contribution in [0.25, 0.3) is 0 Å². The van der Waals surface area contributed by atoms with Gasteiger partial charge in [0.05, 0.1) is 11.6 Å². The molecule has 27 heavy (non-hydrogen) atoms. The lowest BCUT2D eigenvalue weighted by molar-refractivity contribution is 0.0794. The maximum absolute atomic E-state index is 13.2. The molecule has 1 aromatic carbocycles. The number of hydrogen-bond donors (Lipinski definition) is 1. The van der Waals surface area contributed by atoms with Crippen LogP contribution in [0.15, 0.2) is 53.7 Å². The van der Waals surface area contributed by atoms with E-state index in [1.165, 1.54) is 30.2 Å². The van der Waals surface area contributed by atoms with Gasteiger partial charge in [0.15, 0.2) is 0 Å². The molecule has 0 aliphatic carbocycles. The molecular weight excluding hydrogens is 354 g/mol. The summed E-state index contributed by atoms with van der Waals surface area (Å²) in [4.78, 5) is 20.3. The Morgan fingerprint density at radius 2 is 2.00 bits per heavy atom. The fourth-order valence-electron chi connectivity index (χ4n) is 5.20. The fourth-order valence-corrected chi connectivity index (χ4v) is 5.75. The number of rotatable bonds is 6. The molecule has 2 aliphatic heterocycles. The van der Waals surface area contributed by atoms with E-state index in [2.05, 4.69) is 46.4 Å². The Hall–Kier alpha value is -1.85. The van der Waals surface area contributed by atoms with Crippen molar-refractivity contribution in [2.45, 2.75) is 55.3 Å². The number of aromatic nitrogens is 1. The summed E-state index contributed by atoms with van der Waals surface area (Å²) in [6, 6.07) is 14.8. The molecular formula is C22H27N3OS. The highest BCUT2D eigenvalue weighted by atomic mass is 32.2. The molecule has 1 atom stereocenters. The molecule has 5 heteroatoms. The lowest BCUT2D eigenvalue weighted by Crippen LogP contribution is -2.52. The first-order chi connectivity index (χ1) is 13.2. The second-order valence-electron chi connectivity index (χ2n) is 7.50. The lowest BCUT2D eigenvalue weighted by Gasteiger charge is -2.42. The monoisotopic (exact) mass is 381 g/mol. The van der Waals surface area contributed by atoms with Gasteiger partial charge in [-0.1, -0.05) is 37.3 Å². The fraction of sp³-hybridized carbons (Fsp3) is 0.455. The van der Waals surface area contributed by atoms with Gasteiger partial charge < -0.3 is 5.32 Å². The highest BCUT2D eigenvalue weighted by Crippen LogP contribution is 2.52. The van der Waals surface area contributed by atoms with Gasteiger partial charge in [0.25, 0.3) is 5.91 Å². The van der Waals surface area contributed by atoms with Crippen LogP contribution in [0.4, 0.5) is 0 Å². The third-order valence-corrected chi connectivity index (χ3v) is 7.04. The number of nitrogens with zero attached hydrogens (tertiary/aromatic N) is 2. The van der Waals surface area contributed by atoms with Gasteiger partial charge in [0.2, 0.25) is 0 Å². The summed E-state index contributed by atoms with van der Waals surface area (Å²) in [5.74, 6) is -0.0259. The van der Waals surface area contributed by atoms with E-state index in [4.69, 9.17) is 0 Å². The predicted octanol–water partition coefficient (Wildman–Crippen LogP) is 4.29. The van der Waals surface area contributed by atoms with Crippen molar-refractivity contribution in [1.82, 2.24) is 15.2 Å². The molecule has 2 aliphatic rings. The van der Waals surface area contributed by atoms with Crippen LogP contribution in [0, 0.1) is 0 Å². The minimum atomic E-state index is -0.0259. The van der Waals surface area contributed by atoms with Gasteiger partial charge in [0, 0.05) is 17.8 Å². The van der Waals surface area contributed by atoms with Crippen LogP contribution < -0.4 is 5.32 Å². The van der Waals surface area contributed by atoms with Crippen LogP contribution in [0.3, 0.4) is 0 Å². The smallest absolute Gasteiger partial charge is 0.254 e. The minimum Gasteiger partial charge on any atom is -0.343 e. The number of pyridine rings is 1. The average Bonchev–Trinajstić information content (AvgIpc) is 3.27. The zero-order chi connectivity index (χ0) is 18.9. The van der Waals surface area contributed by atoms with Crippen LogP contribution in [0.5, 0.6) is 0 Å². The number of carbonyl (C=O) groups excluding carboxylic acids is 1. The first-order valence-electron chi connectivity index (χ1n) is 9.81. The third-order valence-electron chi connectivity index (χ3n) is 6.33. The quantitative estimate of drug-likeness (QED) is 0.758. The van der Waals surface area contributed by atoms with E-state index >= 15 is 0 Å². The zero-order valence-electron chi connectivity index (χ0n) is 16.0. The van der Waals surface area contributed by atoms with Crippen molar-refractivity contribution in [3.05, 3.63) is 59.8 Å². The predicted molar refractivity (Wildman–Crippen MR) is 110 cm³/mol. The molecule has 4 nitrogen and oxygen atoms in total. The second kappa shape index (κ2) is 7.64. The number of benzene rings is 1. The molecule has 1 N–H and O–H groups in total. The number of thioether (sulfide) groups is 1. The third kappa shape index (κ3) is 3.17. The highest BCUT2D eigenvalue weighted by Gasteiger charge is 2.55. The molecule has 142 valence electrons. The van der Waals surface area contributed by atoms with Gasteiger partial charge in [-0.3, -0.25) is 9.69 Å². The van der Waals surface area contributed by atoms with Gasteiger partial charge in [-0.15, -0.1) is 11.8 Å². The number of hydrogen-bond acceptors (Lipinski definition) is 4. The van der Waals surface area contributed by atoms with Crippen molar-refractivity contribution in [1.29, 1.82) is 0 Å². The van der Waals surface area contributed by atoms with E-state index in [0.717, 1.165) is 24.4 Å². The Morgan fingerprint density at radius 1 is 1.26 bits per heavy atom. The molecule has 0 spiro atoms. The Kier molecular flexibility index (Phi) is 5.24. The Labute approximate surface area is 165 Å². The van der Waals surface area contributed by atoms with Crippen molar-refractivity contribution in [3.63, 3.8) is 0 Å². The van der Waals surface area contributed by atoms with Gasteiger partial charge in [-0.05, 0) is 56.2 Å². The van der Waals surface area contributed by atoms with E-state index in [9.17, 15) is 4.79 Å². The lowest BCUT2D eigenvalue weighted by atomic mass is 9.78. The molecule has 1 aromatic heterocycles. The molecule has 1 amide bonds. The summed E-state index contributed by atoms with van der Waals surface area (Å²) in [7, 11) is 0. The average molecular weight is 382 g/mol. The Morgan fingerprint density at radius 3 is 2.67 bits per heavy atom. The number of fused-ring (bicyclic) bond motifs is 2. The molecule has 3 heterocycles. The number of likely N-dealkylation sites (N-methyl/N-ethyl adjacent to an activating group) is 1. The molecule has 0 saturated carbocycles.